The van der Waals surface area contributed by atoms with E-state index in [-0.39, 0.29) is 0 Å². The summed E-state index contributed by atoms with van der Waals surface area (Å²) in [5.74, 6) is 0. The smallest absolute Gasteiger partial charge is 0.0756 e. The molecule has 1 aromatic rings. The lowest BCUT2D eigenvalue weighted by Crippen LogP contribution is -2.16. The Bertz CT molecular complexity index is 226. The third kappa shape index (κ3) is 2.01. The molecule has 1 atom stereocenters. The highest BCUT2D eigenvalue weighted by Gasteiger charge is 2.06. The van der Waals surface area contributed by atoms with Crippen LogP contribution < -0.4 is 5.32 Å². The Morgan fingerprint density at radius 3 is 2.58 bits per heavy atom. The summed E-state index contributed by atoms with van der Waals surface area (Å²) >= 11 is 0. The molecule has 0 aliphatic rings. The van der Waals surface area contributed by atoms with E-state index in [2.05, 4.69) is 22.2 Å². The van der Waals surface area contributed by atoms with E-state index < -0.39 is 0 Å². The zero-order valence-corrected chi connectivity index (χ0v) is 7.83. The summed E-state index contributed by atoms with van der Waals surface area (Å²) in [7, 11) is 1.94. The van der Waals surface area contributed by atoms with E-state index in [4.69, 9.17) is 0 Å². The molecule has 12 heavy (non-hydrogen) atoms. The standard InChI is InChI=1S/C9H15N3/c1-4-8(10-3)9-6-11-7(2)5-12-9/h5-6,8,10H,4H2,1-3H3. The molecule has 0 aromatic carbocycles. The Hall–Kier alpha value is -0.960. The van der Waals surface area contributed by atoms with Gasteiger partial charge in [0.15, 0.2) is 0 Å². The molecule has 3 heteroatoms. The van der Waals surface area contributed by atoms with Gasteiger partial charge in [-0.2, -0.15) is 0 Å². The first-order valence-corrected chi connectivity index (χ1v) is 4.23. The maximum atomic E-state index is 4.30. The van der Waals surface area contributed by atoms with E-state index >= 15 is 0 Å². The molecule has 0 amide bonds. The van der Waals surface area contributed by atoms with Crippen molar-refractivity contribution in [3.8, 4) is 0 Å². The van der Waals surface area contributed by atoms with Crippen molar-refractivity contribution in [1.82, 2.24) is 15.3 Å². The number of nitrogens with one attached hydrogen (secondary N) is 1. The van der Waals surface area contributed by atoms with Crippen LogP contribution in [0.1, 0.15) is 30.8 Å². The van der Waals surface area contributed by atoms with Crippen LogP contribution in [-0.2, 0) is 0 Å². The van der Waals surface area contributed by atoms with Gasteiger partial charge in [-0.1, -0.05) is 6.92 Å². The molecule has 1 unspecified atom stereocenters. The van der Waals surface area contributed by atoms with Gasteiger partial charge in [-0.05, 0) is 20.4 Å². The molecule has 1 rings (SSSR count). The highest BCUT2D eigenvalue weighted by Crippen LogP contribution is 2.11. The number of aryl methyl sites for hydroxylation is 1. The van der Waals surface area contributed by atoms with E-state index in [0.29, 0.717) is 6.04 Å². The van der Waals surface area contributed by atoms with Crippen molar-refractivity contribution in [2.75, 3.05) is 7.05 Å². The topological polar surface area (TPSA) is 37.8 Å². The fourth-order valence-corrected chi connectivity index (χ4v) is 1.14. The molecular weight excluding hydrogens is 150 g/mol. The van der Waals surface area contributed by atoms with Gasteiger partial charge in [-0.25, -0.2) is 0 Å². The summed E-state index contributed by atoms with van der Waals surface area (Å²) in [5, 5.41) is 3.18. The van der Waals surface area contributed by atoms with Crippen molar-refractivity contribution in [1.29, 1.82) is 0 Å². The monoisotopic (exact) mass is 165 g/mol. The van der Waals surface area contributed by atoms with E-state index in [1.165, 1.54) is 0 Å². The normalized spacial score (nSPS) is 12.9. The number of hydrogen-bond acceptors (Lipinski definition) is 3. The largest absolute Gasteiger partial charge is 0.312 e. The van der Waals surface area contributed by atoms with Crippen molar-refractivity contribution in [2.24, 2.45) is 0 Å². The third-order valence-corrected chi connectivity index (χ3v) is 1.91. The maximum Gasteiger partial charge on any atom is 0.0756 e. The predicted octanol–water partition coefficient (Wildman–Crippen LogP) is 1.46. The van der Waals surface area contributed by atoms with Gasteiger partial charge >= 0.3 is 0 Å². The van der Waals surface area contributed by atoms with Gasteiger partial charge in [-0.15, -0.1) is 0 Å². The molecule has 1 N–H and O–H groups in total. The quantitative estimate of drug-likeness (QED) is 0.736. The maximum absolute atomic E-state index is 4.30. The third-order valence-electron chi connectivity index (χ3n) is 1.91. The van der Waals surface area contributed by atoms with Crippen molar-refractivity contribution in [2.45, 2.75) is 26.3 Å². The Kier molecular flexibility index (Phi) is 3.17. The molecule has 0 fully saturated rings. The Morgan fingerprint density at radius 2 is 2.17 bits per heavy atom. The van der Waals surface area contributed by atoms with Crippen LogP contribution in [0.15, 0.2) is 12.4 Å². The summed E-state index contributed by atoms with van der Waals surface area (Å²) in [6.45, 7) is 4.07. The van der Waals surface area contributed by atoms with Crippen LogP contribution in [0.2, 0.25) is 0 Å². The molecule has 1 heterocycles. The second-order valence-electron chi connectivity index (χ2n) is 2.83. The van der Waals surface area contributed by atoms with Gasteiger partial charge in [-0.3, -0.25) is 9.97 Å². The van der Waals surface area contributed by atoms with E-state index in [9.17, 15) is 0 Å². The lowest BCUT2D eigenvalue weighted by molar-refractivity contribution is 0.558. The van der Waals surface area contributed by atoms with Crippen LogP contribution in [0.3, 0.4) is 0 Å². The summed E-state index contributed by atoms with van der Waals surface area (Å²) in [5.41, 5.74) is 1.98. The highest BCUT2D eigenvalue weighted by molar-refractivity contribution is 5.05. The Morgan fingerprint density at radius 1 is 1.42 bits per heavy atom. The predicted molar refractivity (Wildman–Crippen MR) is 48.9 cm³/mol. The molecule has 0 radical (unpaired) electrons. The van der Waals surface area contributed by atoms with E-state index in [1.807, 2.05) is 20.2 Å². The summed E-state index contributed by atoms with van der Waals surface area (Å²) in [6, 6.07) is 0.332. The van der Waals surface area contributed by atoms with Gasteiger partial charge in [0.2, 0.25) is 0 Å². The first kappa shape index (κ1) is 9.13. The first-order valence-electron chi connectivity index (χ1n) is 4.23. The van der Waals surface area contributed by atoms with Crippen molar-refractivity contribution >= 4 is 0 Å². The Labute approximate surface area is 73.2 Å². The molecule has 66 valence electrons. The van der Waals surface area contributed by atoms with Gasteiger partial charge in [0, 0.05) is 6.20 Å². The Balaban J connectivity index is 2.80. The van der Waals surface area contributed by atoms with E-state index in [0.717, 1.165) is 17.8 Å². The molecular formula is C9H15N3. The summed E-state index contributed by atoms with van der Waals surface area (Å²) in [4.78, 5) is 8.49. The van der Waals surface area contributed by atoms with Crippen LogP contribution >= 0.6 is 0 Å². The molecule has 1 aromatic heterocycles. The lowest BCUT2D eigenvalue weighted by Gasteiger charge is -2.11. The van der Waals surface area contributed by atoms with Crippen LogP contribution in [0.5, 0.6) is 0 Å². The van der Waals surface area contributed by atoms with Crippen LogP contribution in [-0.4, -0.2) is 17.0 Å². The highest BCUT2D eigenvalue weighted by atomic mass is 14.9. The molecule has 0 aliphatic heterocycles. The van der Waals surface area contributed by atoms with Gasteiger partial charge in [0.25, 0.3) is 0 Å². The summed E-state index contributed by atoms with van der Waals surface area (Å²) in [6.07, 6.45) is 4.67. The SMILES string of the molecule is CCC(NC)c1cnc(C)cn1. The molecule has 0 aliphatic carbocycles. The first-order chi connectivity index (χ1) is 5.77. The lowest BCUT2D eigenvalue weighted by atomic mass is 10.1. The van der Waals surface area contributed by atoms with Crippen molar-refractivity contribution in [3.63, 3.8) is 0 Å². The fraction of sp³-hybridized carbons (Fsp3) is 0.556. The number of nitrogens with zero attached hydrogens (tertiary/aromatic N) is 2. The van der Waals surface area contributed by atoms with Crippen LogP contribution in [0.4, 0.5) is 0 Å². The van der Waals surface area contributed by atoms with E-state index in [1.54, 1.807) is 6.20 Å². The number of hydrogen-bond donors (Lipinski definition) is 1. The zero-order chi connectivity index (χ0) is 8.97. The molecule has 0 saturated carbocycles. The number of aromatic nitrogens is 2. The molecule has 3 nitrogen and oxygen atoms in total. The van der Waals surface area contributed by atoms with Crippen LogP contribution in [0, 0.1) is 6.92 Å². The molecule has 0 saturated heterocycles. The van der Waals surface area contributed by atoms with Crippen LogP contribution in [0.25, 0.3) is 0 Å². The second-order valence-corrected chi connectivity index (χ2v) is 2.83. The average molecular weight is 165 g/mol. The minimum Gasteiger partial charge on any atom is -0.312 e. The van der Waals surface area contributed by atoms with Crippen molar-refractivity contribution < 1.29 is 0 Å². The zero-order valence-electron chi connectivity index (χ0n) is 7.83. The number of rotatable bonds is 3. The minimum atomic E-state index is 0.332. The average Bonchev–Trinajstić information content (AvgIpc) is 2.10. The van der Waals surface area contributed by atoms with Crippen molar-refractivity contribution in [3.05, 3.63) is 23.8 Å². The summed E-state index contributed by atoms with van der Waals surface area (Å²) < 4.78 is 0. The molecule has 0 spiro atoms. The van der Waals surface area contributed by atoms with Gasteiger partial charge in [0.1, 0.15) is 0 Å². The molecule has 0 bridgehead atoms. The van der Waals surface area contributed by atoms with Gasteiger partial charge < -0.3 is 5.32 Å². The minimum absolute atomic E-state index is 0.332. The van der Waals surface area contributed by atoms with Gasteiger partial charge in [0.05, 0.1) is 23.6 Å². The second kappa shape index (κ2) is 4.16. The fourth-order valence-electron chi connectivity index (χ4n) is 1.14.